The molecule has 5 rings (SSSR count). The summed E-state index contributed by atoms with van der Waals surface area (Å²) in [6, 6.07) is 12.2. The molecule has 3 heterocycles. The lowest BCUT2D eigenvalue weighted by molar-refractivity contribution is -0.136. The molecule has 0 N–H and O–H groups in total. The van der Waals surface area contributed by atoms with Crippen molar-refractivity contribution in [3.05, 3.63) is 91.5 Å². The van der Waals surface area contributed by atoms with E-state index in [1.54, 1.807) is 4.90 Å². The van der Waals surface area contributed by atoms with Gasteiger partial charge < -0.3 is 14.5 Å². The third kappa shape index (κ3) is 5.99. The number of likely N-dealkylation sites (tertiary alicyclic amines) is 1. The second-order valence-electron chi connectivity index (χ2n) is 10.4. The minimum Gasteiger partial charge on any atom is -0.383 e. The average molecular weight is 583 g/mol. The third-order valence-electron chi connectivity index (χ3n) is 7.96. The number of halogens is 2. The van der Waals surface area contributed by atoms with Crippen LogP contribution in [0.2, 0.25) is 5.02 Å². The number of amides is 2. The Morgan fingerprint density at radius 1 is 1.00 bits per heavy atom. The summed E-state index contributed by atoms with van der Waals surface area (Å²) in [5, 5.41) is -0.243. The summed E-state index contributed by atoms with van der Waals surface area (Å²) in [5.41, 5.74) is 1.11. The fraction of sp³-hybridized carbons (Fsp3) is 0.400. The molecule has 0 unspecified atom stereocenters. The van der Waals surface area contributed by atoms with Crippen LogP contribution in [0.25, 0.3) is 11.1 Å². The Bertz CT molecular complexity index is 1580. The molecule has 1 fully saturated rings. The Labute approximate surface area is 241 Å². The molecule has 0 radical (unpaired) electrons. The van der Waals surface area contributed by atoms with Crippen molar-refractivity contribution < 1.29 is 18.7 Å². The largest absolute Gasteiger partial charge is 0.383 e. The fourth-order valence-electron chi connectivity index (χ4n) is 5.71. The van der Waals surface area contributed by atoms with Crippen LogP contribution in [0.1, 0.15) is 24.0 Å². The molecule has 11 heteroatoms. The van der Waals surface area contributed by atoms with E-state index in [1.807, 2.05) is 23.1 Å². The Kier molecular flexibility index (Phi) is 8.70. The van der Waals surface area contributed by atoms with E-state index >= 15 is 0 Å². The van der Waals surface area contributed by atoms with E-state index in [0.29, 0.717) is 38.9 Å². The van der Waals surface area contributed by atoms with Gasteiger partial charge in [0.25, 0.3) is 5.56 Å². The molecule has 2 aromatic carbocycles. The van der Waals surface area contributed by atoms with Crippen LogP contribution in [-0.2, 0) is 40.3 Å². The number of hydrogen-bond acceptors (Lipinski definition) is 5. The van der Waals surface area contributed by atoms with Gasteiger partial charge >= 0.3 is 5.69 Å². The average Bonchev–Trinajstić information content (AvgIpc) is 3.14. The topological polar surface area (TPSA) is 93.8 Å². The molecule has 216 valence electrons. The number of methoxy groups -OCH3 is 1. The van der Waals surface area contributed by atoms with Crippen molar-refractivity contribution in [1.29, 1.82) is 0 Å². The molecule has 1 aromatic heterocycles. The van der Waals surface area contributed by atoms with Crippen molar-refractivity contribution in [2.45, 2.75) is 44.8 Å². The Morgan fingerprint density at radius 3 is 2.46 bits per heavy atom. The first-order valence-corrected chi connectivity index (χ1v) is 14.1. The number of piperidine rings is 1. The van der Waals surface area contributed by atoms with E-state index in [0.717, 1.165) is 21.1 Å². The number of aromatic nitrogens is 2. The molecular formula is C30H32ClFN4O5. The minimum atomic E-state index is -0.699. The molecular weight excluding hydrogens is 551 g/mol. The third-order valence-corrected chi connectivity index (χ3v) is 8.35. The van der Waals surface area contributed by atoms with Crippen LogP contribution >= 0.6 is 11.6 Å². The van der Waals surface area contributed by atoms with Gasteiger partial charge in [-0.05, 0) is 36.5 Å². The summed E-state index contributed by atoms with van der Waals surface area (Å²) in [6.07, 6.45) is 3.74. The van der Waals surface area contributed by atoms with Crippen LogP contribution in [0, 0.1) is 5.82 Å². The van der Waals surface area contributed by atoms with E-state index in [4.69, 9.17) is 16.3 Å². The zero-order valence-electron chi connectivity index (χ0n) is 22.9. The van der Waals surface area contributed by atoms with E-state index in [2.05, 4.69) is 6.07 Å². The normalized spacial score (nSPS) is 16.0. The van der Waals surface area contributed by atoms with Gasteiger partial charge in [0.2, 0.25) is 11.8 Å². The van der Waals surface area contributed by atoms with Gasteiger partial charge in [-0.3, -0.25) is 23.5 Å². The molecule has 0 atom stereocenters. The number of fused-ring (bicyclic) bond motifs is 1. The molecule has 0 aliphatic carbocycles. The molecule has 1 saturated heterocycles. The quantitative estimate of drug-likeness (QED) is 0.427. The number of ether oxygens (including phenoxy) is 1. The van der Waals surface area contributed by atoms with Crippen molar-refractivity contribution in [3.8, 4) is 11.1 Å². The van der Waals surface area contributed by atoms with Crippen LogP contribution in [0.4, 0.5) is 4.39 Å². The van der Waals surface area contributed by atoms with E-state index in [9.17, 15) is 23.6 Å². The van der Waals surface area contributed by atoms with Gasteiger partial charge in [0, 0.05) is 44.5 Å². The maximum absolute atomic E-state index is 14.2. The summed E-state index contributed by atoms with van der Waals surface area (Å²) in [5.74, 6) is -0.878. The Balaban J connectivity index is 1.32. The predicted molar refractivity (Wildman–Crippen MR) is 152 cm³/mol. The van der Waals surface area contributed by atoms with Crippen molar-refractivity contribution in [1.82, 2.24) is 18.9 Å². The highest BCUT2D eigenvalue weighted by atomic mass is 35.5. The number of carbonyl (C=O) groups is 2. The first kappa shape index (κ1) is 28.8. The maximum atomic E-state index is 14.2. The van der Waals surface area contributed by atoms with Gasteiger partial charge in [-0.15, -0.1) is 0 Å². The zero-order chi connectivity index (χ0) is 29.1. The number of rotatable bonds is 7. The lowest BCUT2D eigenvalue weighted by Gasteiger charge is -2.38. The monoisotopic (exact) mass is 582 g/mol. The van der Waals surface area contributed by atoms with Crippen LogP contribution in [-0.4, -0.2) is 70.1 Å². The predicted octanol–water partition coefficient (Wildman–Crippen LogP) is 2.73. The molecule has 2 aliphatic rings. The molecule has 3 aromatic rings. The number of hydrogen-bond donors (Lipinski definition) is 0. The smallest absolute Gasteiger partial charge is 0.331 e. The van der Waals surface area contributed by atoms with Crippen molar-refractivity contribution in [2.75, 3.05) is 33.4 Å². The SMILES string of the molecule is COCCn1c(=O)c(-c2cccc(F)c2Cl)cn(CC(=O)N2CCC(N3CCc4ccccc4CC3=O)CC2)c1=O. The summed E-state index contributed by atoms with van der Waals surface area (Å²) < 4.78 is 21.4. The highest BCUT2D eigenvalue weighted by Gasteiger charge is 2.31. The number of benzene rings is 2. The molecule has 9 nitrogen and oxygen atoms in total. The minimum absolute atomic E-state index is 0.0115. The summed E-state index contributed by atoms with van der Waals surface area (Å²) in [4.78, 5) is 56.4. The van der Waals surface area contributed by atoms with E-state index in [1.165, 1.54) is 37.1 Å². The molecule has 2 aliphatic heterocycles. The first-order valence-electron chi connectivity index (χ1n) is 13.7. The van der Waals surface area contributed by atoms with Gasteiger partial charge in [0.05, 0.1) is 30.2 Å². The summed E-state index contributed by atoms with van der Waals surface area (Å²) in [6.45, 7) is 1.30. The van der Waals surface area contributed by atoms with Gasteiger partial charge in [0.15, 0.2) is 0 Å². The zero-order valence-corrected chi connectivity index (χ0v) is 23.6. The molecule has 0 bridgehead atoms. The molecule has 0 spiro atoms. The Hall–Kier alpha value is -3.76. The highest BCUT2D eigenvalue weighted by Crippen LogP contribution is 2.28. The summed E-state index contributed by atoms with van der Waals surface area (Å²) in [7, 11) is 1.45. The standard InChI is InChI=1S/C30H32ClFN4O5/c1-41-16-15-36-29(39)24(23-7-4-8-25(32)28(23)31)18-34(30(36)40)19-27(38)33-12-10-22(11-13-33)35-14-9-20-5-2-3-6-21(20)17-26(35)37/h2-8,18,22H,9-17,19H2,1H3. The van der Waals surface area contributed by atoms with Gasteiger partial charge in [-0.2, -0.15) is 0 Å². The molecule has 2 amide bonds. The lowest BCUT2D eigenvalue weighted by Crippen LogP contribution is -2.50. The second-order valence-corrected chi connectivity index (χ2v) is 10.8. The lowest BCUT2D eigenvalue weighted by atomic mass is 10.0. The van der Waals surface area contributed by atoms with E-state index in [-0.39, 0.29) is 53.7 Å². The highest BCUT2D eigenvalue weighted by molar-refractivity contribution is 6.33. The van der Waals surface area contributed by atoms with Crippen molar-refractivity contribution >= 4 is 23.4 Å². The maximum Gasteiger partial charge on any atom is 0.331 e. The van der Waals surface area contributed by atoms with Crippen LogP contribution in [0.5, 0.6) is 0 Å². The van der Waals surface area contributed by atoms with E-state index < -0.39 is 17.1 Å². The Morgan fingerprint density at radius 2 is 1.73 bits per heavy atom. The number of carbonyl (C=O) groups excluding carboxylic acids is 2. The summed E-state index contributed by atoms with van der Waals surface area (Å²) >= 11 is 6.16. The molecule has 41 heavy (non-hydrogen) atoms. The van der Waals surface area contributed by atoms with Crippen LogP contribution in [0.15, 0.2) is 58.3 Å². The second kappa shape index (κ2) is 12.4. The van der Waals surface area contributed by atoms with Gasteiger partial charge in [-0.1, -0.05) is 48.0 Å². The van der Waals surface area contributed by atoms with Crippen LogP contribution < -0.4 is 11.2 Å². The van der Waals surface area contributed by atoms with Crippen LogP contribution in [0.3, 0.4) is 0 Å². The fourth-order valence-corrected chi connectivity index (χ4v) is 5.93. The van der Waals surface area contributed by atoms with Crippen molar-refractivity contribution in [2.24, 2.45) is 0 Å². The first-order chi connectivity index (χ1) is 19.8. The van der Waals surface area contributed by atoms with Crippen molar-refractivity contribution in [3.63, 3.8) is 0 Å². The van der Waals surface area contributed by atoms with Gasteiger partial charge in [0.1, 0.15) is 12.4 Å². The molecule has 0 saturated carbocycles. The van der Waals surface area contributed by atoms with Gasteiger partial charge in [-0.25, -0.2) is 9.18 Å². The number of nitrogens with zero attached hydrogens (tertiary/aromatic N) is 4.